The second-order valence-electron chi connectivity index (χ2n) is 7.36. The zero-order valence-electron chi connectivity index (χ0n) is 17.4. The Morgan fingerprint density at radius 3 is 2.42 bits per heavy atom. The van der Waals surface area contributed by atoms with Crippen molar-refractivity contribution in [1.82, 2.24) is 25.0 Å². The van der Waals surface area contributed by atoms with Gasteiger partial charge in [-0.25, -0.2) is 4.68 Å². The lowest BCUT2D eigenvalue weighted by atomic mass is 10.0. The van der Waals surface area contributed by atoms with Gasteiger partial charge >= 0.3 is 0 Å². The minimum Gasteiger partial charge on any atom is -0.340 e. The highest BCUT2D eigenvalue weighted by Crippen LogP contribution is 2.19. The van der Waals surface area contributed by atoms with Gasteiger partial charge in [0.1, 0.15) is 0 Å². The first kappa shape index (κ1) is 20.5. The largest absolute Gasteiger partial charge is 0.340 e. The summed E-state index contributed by atoms with van der Waals surface area (Å²) in [6, 6.07) is 25.6. The molecule has 0 bridgehead atoms. The number of amides is 1. The fourth-order valence-corrected chi connectivity index (χ4v) is 3.44. The second-order valence-corrected chi connectivity index (χ2v) is 7.36. The Morgan fingerprint density at radius 1 is 1.00 bits per heavy atom. The Kier molecular flexibility index (Phi) is 6.50. The Bertz CT molecular complexity index is 1060. The van der Waals surface area contributed by atoms with E-state index in [0.29, 0.717) is 6.54 Å². The van der Waals surface area contributed by atoms with Crippen LogP contribution in [0.1, 0.15) is 22.9 Å². The van der Waals surface area contributed by atoms with E-state index in [4.69, 9.17) is 0 Å². The molecule has 0 aliphatic heterocycles. The number of carbonyl (C=O) groups excluding carboxylic acids is 1. The minimum atomic E-state index is -0.152. The van der Waals surface area contributed by atoms with Gasteiger partial charge in [0.15, 0.2) is 0 Å². The summed E-state index contributed by atoms with van der Waals surface area (Å²) in [6.45, 7) is 0.701. The van der Waals surface area contributed by atoms with E-state index in [1.54, 1.807) is 17.3 Å². The van der Waals surface area contributed by atoms with Crippen LogP contribution in [0.2, 0.25) is 0 Å². The third kappa shape index (κ3) is 5.24. The van der Waals surface area contributed by atoms with Crippen LogP contribution in [0.5, 0.6) is 0 Å². The number of nitrogens with one attached hydrogen (secondary N) is 1. The third-order valence-corrected chi connectivity index (χ3v) is 5.08. The van der Waals surface area contributed by atoms with Crippen molar-refractivity contribution in [2.75, 3.05) is 13.6 Å². The average molecular weight is 412 g/mol. The van der Waals surface area contributed by atoms with E-state index < -0.39 is 0 Å². The third-order valence-electron chi connectivity index (χ3n) is 5.08. The van der Waals surface area contributed by atoms with Crippen LogP contribution < -0.4 is 5.32 Å². The predicted octanol–water partition coefficient (Wildman–Crippen LogP) is 3.60. The van der Waals surface area contributed by atoms with Crippen LogP contribution in [-0.2, 0) is 11.3 Å². The van der Waals surface area contributed by atoms with Crippen LogP contribution in [0.25, 0.3) is 5.69 Å². The maximum absolute atomic E-state index is 12.8. The predicted molar refractivity (Wildman–Crippen MR) is 121 cm³/mol. The van der Waals surface area contributed by atoms with E-state index in [-0.39, 0.29) is 18.5 Å². The number of hydrogen-bond donors (Lipinski definition) is 1. The van der Waals surface area contributed by atoms with E-state index in [1.807, 2.05) is 96.8 Å². The van der Waals surface area contributed by atoms with Crippen LogP contribution >= 0.6 is 0 Å². The number of pyridine rings is 1. The first-order valence-electron chi connectivity index (χ1n) is 10.2. The maximum atomic E-state index is 12.8. The van der Waals surface area contributed by atoms with Gasteiger partial charge in [-0.1, -0.05) is 54.6 Å². The highest BCUT2D eigenvalue weighted by atomic mass is 16.2. The van der Waals surface area contributed by atoms with Gasteiger partial charge in [0.2, 0.25) is 5.91 Å². The van der Waals surface area contributed by atoms with E-state index in [1.165, 1.54) is 0 Å². The molecule has 2 aromatic heterocycles. The van der Waals surface area contributed by atoms with Crippen molar-refractivity contribution in [1.29, 1.82) is 0 Å². The summed E-state index contributed by atoms with van der Waals surface area (Å²) in [4.78, 5) is 19.0. The van der Waals surface area contributed by atoms with Gasteiger partial charge in [-0.3, -0.25) is 15.1 Å². The van der Waals surface area contributed by atoms with Crippen LogP contribution in [0.3, 0.4) is 0 Å². The van der Waals surface area contributed by atoms with Gasteiger partial charge in [0, 0.05) is 31.5 Å². The summed E-state index contributed by atoms with van der Waals surface area (Å²) in [5, 5.41) is 7.78. The van der Waals surface area contributed by atoms with Crippen molar-refractivity contribution >= 4 is 5.91 Å². The van der Waals surface area contributed by atoms with Gasteiger partial charge in [0.25, 0.3) is 0 Å². The molecule has 4 rings (SSSR count). The molecule has 4 aromatic rings. The number of hydrogen-bond acceptors (Lipinski definition) is 4. The summed E-state index contributed by atoms with van der Waals surface area (Å²) < 4.78 is 1.82. The summed E-state index contributed by atoms with van der Waals surface area (Å²) in [5.41, 5.74) is 3.92. The van der Waals surface area contributed by atoms with Crippen LogP contribution in [0.4, 0.5) is 0 Å². The van der Waals surface area contributed by atoms with Crippen molar-refractivity contribution < 1.29 is 4.79 Å². The topological polar surface area (TPSA) is 63.1 Å². The SMILES string of the molecule is CN(Cc1cnn(-c2ccccc2)c1)C(=O)CN[C@@H](c1ccccc1)c1ccccn1. The smallest absolute Gasteiger partial charge is 0.236 e. The first-order valence-corrected chi connectivity index (χ1v) is 10.2. The number of para-hydroxylation sites is 1. The first-order chi connectivity index (χ1) is 15.2. The molecular weight excluding hydrogens is 386 g/mol. The number of nitrogens with zero attached hydrogens (tertiary/aromatic N) is 4. The Hall–Kier alpha value is -3.77. The molecule has 0 radical (unpaired) electrons. The summed E-state index contributed by atoms with van der Waals surface area (Å²) >= 11 is 0. The van der Waals surface area contributed by atoms with Crippen molar-refractivity contribution in [2.45, 2.75) is 12.6 Å². The number of likely N-dealkylation sites (N-methyl/N-ethyl adjacent to an activating group) is 1. The molecule has 2 aromatic carbocycles. The number of rotatable bonds is 8. The van der Waals surface area contributed by atoms with Crippen molar-refractivity contribution in [3.05, 3.63) is 114 Å². The Balaban J connectivity index is 1.39. The van der Waals surface area contributed by atoms with E-state index in [9.17, 15) is 4.79 Å². The highest BCUT2D eigenvalue weighted by molar-refractivity contribution is 5.78. The van der Waals surface area contributed by atoms with Crippen LogP contribution in [-0.4, -0.2) is 39.2 Å². The summed E-state index contributed by atoms with van der Waals surface area (Å²) in [7, 11) is 1.81. The fraction of sp³-hybridized carbons (Fsp3) is 0.160. The van der Waals surface area contributed by atoms with E-state index in [2.05, 4.69) is 15.4 Å². The molecule has 2 heterocycles. The highest BCUT2D eigenvalue weighted by Gasteiger charge is 2.18. The molecule has 1 atom stereocenters. The molecule has 31 heavy (non-hydrogen) atoms. The number of carbonyl (C=O) groups is 1. The quantitative estimate of drug-likeness (QED) is 0.481. The number of aromatic nitrogens is 3. The van der Waals surface area contributed by atoms with E-state index in [0.717, 1.165) is 22.5 Å². The zero-order valence-corrected chi connectivity index (χ0v) is 17.4. The maximum Gasteiger partial charge on any atom is 0.236 e. The van der Waals surface area contributed by atoms with Gasteiger partial charge in [0.05, 0.1) is 30.2 Å². The lowest BCUT2D eigenvalue weighted by Crippen LogP contribution is -2.37. The van der Waals surface area contributed by atoms with Crippen LogP contribution in [0.15, 0.2) is 97.5 Å². The minimum absolute atomic E-state index is 0.00400. The standard InChI is InChI=1S/C25H25N5O/c1-29(18-20-16-28-30(19-20)22-12-6-3-7-13-22)24(31)17-27-25(21-10-4-2-5-11-21)23-14-8-9-15-26-23/h2-16,19,25,27H,17-18H2,1H3/t25-/m0/s1. The average Bonchev–Trinajstić information content (AvgIpc) is 3.29. The van der Waals surface area contributed by atoms with Crippen molar-refractivity contribution in [3.63, 3.8) is 0 Å². The summed E-state index contributed by atoms with van der Waals surface area (Å²) in [6.07, 6.45) is 5.52. The fourth-order valence-electron chi connectivity index (χ4n) is 3.44. The van der Waals surface area contributed by atoms with Crippen LogP contribution in [0, 0.1) is 0 Å². The zero-order chi connectivity index (χ0) is 21.5. The Morgan fingerprint density at radius 2 is 1.71 bits per heavy atom. The molecule has 0 saturated carbocycles. The normalized spacial score (nSPS) is 11.8. The van der Waals surface area contributed by atoms with E-state index >= 15 is 0 Å². The van der Waals surface area contributed by atoms with Crippen molar-refractivity contribution in [3.8, 4) is 5.69 Å². The molecule has 0 aliphatic carbocycles. The Labute approximate surface area is 182 Å². The molecule has 0 aliphatic rings. The van der Waals surface area contributed by atoms with Gasteiger partial charge < -0.3 is 4.90 Å². The summed E-state index contributed by atoms with van der Waals surface area (Å²) in [5.74, 6) is 0.00400. The molecule has 1 amide bonds. The van der Waals surface area contributed by atoms with Crippen molar-refractivity contribution in [2.24, 2.45) is 0 Å². The molecule has 156 valence electrons. The lowest BCUT2D eigenvalue weighted by Gasteiger charge is -2.21. The molecule has 1 N–H and O–H groups in total. The molecule has 6 nitrogen and oxygen atoms in total. The molecular formula is C25H25N5O. The molecule has 6 heteroatoms. The molecule has 0 unspecified atom stereocenters. The van der Waals surface area contributed by atoms with Gasteiger partial charge in [-0.05, 0) is 29.8 Å². The second kappa shape index (κ2) is 9.82. The molecule has 0 spiro atoms. The van der Waals surface area contributed by atoms with Gasteiger partial charge in [-0.2, -0.15) is 5.10 Å². The monoisotopic (exact) mass is 411 g/mol. The lowest BCUT2D eigenvalue weighted by molar-refractivity contribution is -0.129. The molecule has 0 saturated heterocycles. The molecule has 0 fully saturated rings. The van der Waals surface area contributed by atoms with Gasteiger partial charge in [-0.15, -0.1) is 0 Å². The number of benzene rings is 2.